The Kier molecular flexibility index (Phi) is 7.24. The van der Waals surface area contributed by atoms with Crippen LogP contribution in [0.15, 0.2) is 0 Å². The van der Waals surface area contributed by atoms with Gasteiger partial charge in [-0.3, -0.25) is 4.79 Å². The van der Waals surface area contributed by atoms with Crippen LogP contribution < -0.4 is 5.73 Å². The number of ether oxygens (including phenoxy) is 1. The Morgan fingerprint density at radius 1 is 1.47 bits per heavy atom. The molecular formula is C9H18N2O4S2. The number of hydrogen-bond acceptors (Lipinski definition) is 5. The van der Waals surface area contributed by atoms with E-state index in [9.17, 15) is 13.2 Å². The SMILES string of the molecule is CCN(CC(N)=S)S(=O)(=O)CCCC(=O)OC. The third-order valence-electron chi connectivity index (χ3n) is 2.09. The second-order valence-electron chi connectivity index (χ2n) is 3.39. The minimum absolute atomic E-state index is 0.0341. The highest BCUT2D eigenvalue weighted by molar-refractivity contribution is 7.89. The van der Waals surface area contributed by atoms with E-state index in [1.807, 2.05) is 0 Å². The molecule has 0 radical (unpaired) electrons. The summed E-state index contributed by atoms with van der Waals surface area (Å²) < 4.78 is 29.3. The van der Waals surface area contributed by atoms with Crippen LogP contribution in [0.2, 0.25) is 0 Å². The van der Waals surface area contributed by atoms with Gasteiger partial charge < -0.3 is 10.5 Å². The molecule has 0 fully saturated rings. The van der Waals surface area contributed by atoms with Crippen molar-refractivity contribution in [2.45, 2.75) is 19.8 Å². The maximum Gasteiger partial charge on any atom is 0.305 e. The Morgan fingerprint density at radius 3 is 2.47 bits per heavy atom. The monoisotopic (exact) mass is 282 g/mol. The van der Waals surface area contributed by atoms with Gasteiger partial charge in [-0.15, -0.1) is 0 Å². The van der Waals surface area contributed by atoms with Crippen molar-refractivity contribution < 1.29 is 17.9 Å². The van der Waals surface area contributed by atoms with Crippen LogP contribution in [0, 0.1) is 0 Å². The standard InChI is InChI=1S/C9H18N2O4S2/c1-3-11(7-8(10)16)17(13,14)6-4-5-9(12)15-2/h3-7H2,1-2H3,(H2,10,16). The van der Waals surface area contributed by atoms with Gasteiger partial charge in [-0.1, -0.05) is 19.1 Å². The molecule has 0 aliphatic carbocycles. The lowest BCUT2D eigenvalue weighted by Crippen LogP contribution is -2.38. The number of nitrogens with two attached hydrogens (primary N) is 1. The number of nitrogens with zero attached hydrogens (tertiary/aromatic N) is 1. The number of rotatable bonds is 8. The zero-order valence-corrected chi connectivity index (χ0v) is 11.6. The number of carbonyl (C=O) groups excluding carboxylic acids is 1. The molecule has 0 spiro atoms. The van der Waals surface area contributed by atoms with E-state index in [1.165, 1.54) is 11.4 Å². The van der Waals surface area contributed by atoms with Gasteiger partial charge in [0.05, 0.1) is 24.4 Å². The van der Waals surface area contributed by atoms with Crippen LogP contribution in [-0.4, -0.2) is 49.6 Å². The van der Waals surface area contributed by atoms with Crippen LogP contribution in [-0.2, 0) is 19.6 Å². The molecule has 0 aromatic carbocycles. The summed E-state index contributed by atoms with van der Waals surface area (Å²) in [5, 5.41) is 0. The lowest BCUT2D eigenvalue weighted by Gasteiger charge is -2.19. The summed E-state index contributed by atoms with van der Waals surface area (Å²) >= 11 is 4.68. The summed E-state index contributed by atoms with van der Waals surface area (Å²) in [5.74, 6) is -0.531. The van der Waals surface area contributed by atoms with Crippen molar-refractivity contribution in [3.05, 3.63) is 0 Å². The predicted molar refractivity (Wildman–Crippen MR) is 69.1 cm³/mol. The molecule has 0 atom stereocenters. The number of carbonyl (C=O) groups is 1. The number of thiocarbonyl (C=S) groups is 1. The van der Waals surface area contributed by atoms with Gasteiger partial charge in [-0.25, -0.2) is 8.42 Å². The number of esters is 1. The lowest BCUT2D eigenvalue weighted by atomic mass is 10.3. The maximum atomic E-state index is 11.8. The van der Waals surface area contributed by atoms with E-state index in [2.05, 4.69) is 17.0 Å². The molecule has 0 unspecified atom stereocenters. The quantitative estimate of drug-likeness (QED) is 0.493. The zero-order valence-electron chi connectivity index (χ0n) is 10.0. The highest BCUT2D eigenvalue weighted by Crippen LogP contribution is 2.05. The predicted octanol–water partition coefficient (Wildman–Crippen LogP) is -0.123. The van der Waals surface area contributed by atoms with Crippen LogP contribution in [0.25, 0.3) is 0 Å². The van der Waals surface area contributed by atoms with E-state index < -0.39 is 16.0 Å². The summed E-state index contributed by atoms with van der Waals surface area (Å²) in [5.41, 5.74) is 5.32. The normalized spacial score (nSPS) is 11.5. The smallest absolute Gasteiger partial charge is 0.305 e. The third kappa shape index (κ3) is 6.54. The molecule has 17 heavy (non-hydrogen) atoms. The molecule has 0 aromatic rings. The molecular weight excluding hydrogens is 264 g/mol. The summed E-state index contributed by atoms with van der Waals surface area (Å²) in [7, 11) is -2.15. The van der Waals surface area contributed by atoms with Crippen molar-refractivity contribution in [1.82, 2.24) is 4.31 Å². The van der Waals surface area contributed by atoms with Gasteiger partial charge in [0.25, 0.3) is 0 Å². The van der Waals surface area contributed by atoms with Gasteiger partial charge in [0.15, 0.2) is 0 Å². The first kappa shape index (κ1) is 16.3. The van der Waals surface area contributed by atoms with E-state index in [1.54, 1.807) is 6.92 Å². The van der Waals surface area contributed by atoms with Crippen LogP contribution in [0.1, 0.15) is 19.8 Å². The minimum Gasteiger partial charge on any atom is -0.469 e. The van der Waals surface area contributed by atoms with E-state index >= 15 is 0 Å². The van der Waals surface area contributed by atoms with Crippen molar-refractivity contribution in [3.63, 3.8) is 0 Å². The average molecular weight is 282 g/mol. The fourth-order valence-corrected chi connectivity index (χ4v) is 2.94. The van der Waals surface area contributed by atoms with Crippen molar-refractivity contribution in [3.8, 4) is 0 Å². The first-order valence-electron chi connectivity index (χ1n) is 5.16. The highest BCUT2D eigenvalue weighted by Gasteiger charge is 2.21. The Hall–Kier alpha value is -0.730. The molecule has 0 aliphatic rings. The molecule has 0 rings (SSSR count). The van der Waals surface area contributed by atoms with Crippen molar-refractivity contribution in [1.29, 1.82) is 0 Å². The van der Waals surface area contributed by atoms with Crippen molar-refractivity contribution in [2.75, 3.05) is 26.0 Å². The van der Waals surface area contributed by atoms with Gasteiger partial charge in [-0.05, 0) is 6.42 Å². The fourth-order valence-electron chi connectivity index (χ4n) is 1.21. The zero-order chi connectivity index (χ0) is 13.5. The minimum atomic E-state index is -3.41. The Labute approximate surface area is 107 Å². The topological polar surface area (TPSA) is 89.7 Å². The van der Waals surface area contributed by atoms with Gasteiger partial charge in [0.1, 0.15) is 0 Å². The van der Waals surface area contributed by atoms with E-state index in [-0.39, 0.29) is 30.1 Å². The number of methoxy groups -OCH3 is 1. The second kappa shape index (κ2) is 7.57. The first-order valence-corrected chi connectivity index (χ1v) is 7.18. The summed E-state index contributed by atoms with van der Waals surface area (Å²) in [4.78, 5) is 11.0. The molecule has 0 aromatic heterocycles. The van der Waals surface area contributed by atoms with Gasteiger partial charge in [-0.2, -0.15) is 4.31 Å². The molecule has 0 bridgehead atoms. The number of hydrogen-bond donors (Lipinski definition) is 1. The van der Waals surface area contributed by atoms with E-state index in [0.29, 0.717) is 6.54 Å². The van der Waals surface area contributed by atoms with Gasteiger partial charge in [0.2, 0.25) is 10.0 Å². The Bertz CT molecular complexity index is 367. The molecule has 2 N–H and O–H groups in total. The Balaban J connectivity index is 4.34. The molecule has 100 valence electrons. The second-order valence-corrected chi connectivity index (χ2v) is 6.00. The van der Waals surface area contributed by atoms with Crippen molar-refractivity contribution >= 4 is 33.2 Å². The molecule has 0 heterocycles. The third-order valence-corrected chi connectivity index (χ3v) is 4.20. The van der Waals surface area contributed by atoms with Crippen LogP contribution in [0.3, 0.4) is 0 Å². The molecule has 0 saturated carbocycles. The van der Waals surface area contributed by atoms with E-state index in [0.717, 1.165) is 0 Å². The van der Waals surface area contributed by atoms with Crippen molar-refractivity contribution in [2.24, 2.45) is 5.73 Å². The number of likely N-dealkylation sites (N-methyl/N-ethyl adjacent to an activating group) is 1. The lowest BCUT2D eigenvalue weighted by molar-refractivity contribution is -0.140. The number of sulfonamides is 1. The van der Waals surface area contributed by atoms with Crippen LogP contribution in [0.5, 0.6) is 0 Å². The largest absolute Gasteiger partial charge is 0.469 e. The molecule has 0 amide bonds. The molecule has 0 aliphatic heterocycles. The molecule has 8 heteroatoms. The van der Waals surface area contributed by atoms with E-state index in [4.69, 9.17) is 5.73 Å². The van der Waals surface area contributed by atoms with Gasteiger partial charge >= 0.3 is 5.97 Å². The first-order chi connectivity index (χ1) is 7.83. The fraction of sp³-hybridized carbons (Fsp3) is 0.778. The maximum absolute atomic E-state index is 11.8. The average Bonchev–Trinajstić information content (AvgIpc) is 2.24. The van der Waals surface area contributed by atoms with Gasteiger partial charge in [0, 0.05) is 13.0 Å². The Morgan fingerprint density at radius 2 is 2.06 bits per heavy atom. The molecule has 0 saturated heterocycles. The molecule has 6 nitrogen and oxygen atoms in total. The summed E-state index contributed by atoms with van der Waals surface area (Å²) in [6, 6.07) is 0. The van der Waals surface area contributed by atoms with Crippen LogP contribution in [0.4, 0.5) is 0 Å². The summed E-state index contributed by atoms with van der Waals surface area (Å²) in [6.07, 6.45) is 0.309. The van der Waals surface area contributed by atoms with Crippen LogP contribution >= 0.6 is 12.2 Å². The summed E-state index contributed by atoms with van der Waals surface area (Å²) in [6.45, 7) is 2.04. The highest BCUT2D eigenvalue weighted by atomic mass is 32.2.